The minimum atomic E-state index is 0. The fourth-order valence-electron chi connectivity index (χ4n) is 3.03. The Bertz CT molecular complexity index is 720. The standard InChI is InChI=1S/C24H32N2.Ni/c1-4-7-13-24(26-22-14-9-8-10-15-22)19-25-23-17-16-20(11-5-2)21(18-23)12-6-3;/h8-10,14-19H,4-7,11-13H2,1-3H3;/b25-19+,26-24+;. The summed E-state index contributed by atoms with van der Waals surface area (Å²) in [5, 5.41) is 0. The van der Waals surface area contributed by atoms with E-state index in [-0.39, 0.29) is 16.5 Å². The fraction of sp³-hybridized carbons (Fsp3) is 0.417. The average Bonchev–Trinajstić information content (AvgIpc) is 2.67. The van der Waals surface area contributed by atoms with Gasteiger partial charge in [0.1, 0.15) is 0 Å². The number of hydrogen-bond acceptors (Lipinski definition) is 2. The molecule has 148 valence electrons. The molecule has 0 unspecified atom stereocenters. The summed E-state index contributed by atoms with van der Waals surface area (Å²) in [4.78, 5) is 9.53. The van der Waals surface area contributed by atoms with E-state index in [4.69, 9.17) is 9.98 Å². The van der Waals surface area contributed by atoms with Crippen LogP contribution in [0.5, 0.6) is 0 Å². The number of nitrogens with zero attached hydrogens (tertiary/aromatic N) is 2. The first-order chi connectivity index (χ1) is 12.8. The van der Waals surface area contributed by atoms with Gasteiger partial charge in [-0.05, 0) is 61.1 Å². The first-order valence-electron chi connectivity index (χ1n) is 10.0. The zero-order valence-electron chi connectivity index (χ0n) is 16.9. The van der Waals surface area contributed by atoms with Crippen molar-refractivity contribution in [2.75, 3.05) is 0 Å². The molecule has 2 nitrogen and oxygen atoms in total. The van der Waals surface area contributed by atoms with E-state index < -0.39 is 0 Å². The largest absolute Gasteiger partial charge is 0.255 e. The second-order valence-corrected chi connectivity index (χ2v) is 6.75. The van der Waals surface area contributed by atoms with Crippen molar-refractivity contribution in [3.8, 4) is 0 Å². The topological polar surface area (TPSA) is 24.7 Å². The first-order valence-corrected chi connectivity index (χ1v) is 10.0. The maximum absolute atomic E-state index is 4.78. The molecule has 3 heteroatoms. The van der Waals surface area contributed by atoms with E-state index in [1.165, 1.54) is 24.0 Å². The van der Waals surface area contributed by atoms with Gasteiger partial charge in [0.15, 0.2) is 0 Å². The minimum Gasteiger partial charge on any atom is -0.255 e. The quantitative estimate of drug-likeness (QED) is 0.293. The van der Waals surface area contributed by atoms with E-state index in [9.17, 15) is 0 Å². The van der Waals surface area contributed by atoms with Crippen molar-refractivity contribution in [1.29, 1.82) is 0 Å². The number of rotatable bonds is 10. The molecule has 0 heterocycles. The molecule has 0 atom stereocenters. The van der Waals surface area contributed by atoms with Gasteiger partial charge in [-0.3, -0.25) is 9.98 Å². The van der Waals surface area contributed by atoms with Gasteiger partial charge in [-0.2, -0.15) is 0 Å². The predicted octanol–water partition coefficient (Wildman–Crippen LogP) is 7.25. The van der Waals surface area contributed by atoms with Crippen molar-refractivity contribution in [3.63, 3.8) is 0 Å². The smallest absolute Gasteiger partial charge is 0.0633 e. The van der Waals surface area contributed by atoms with Crippen LogP contribution in [0.1, 0.15) is 64.0 Å². The molecule has 0 saturated carbocycles. The summed E-state index contributed by atoms with van der Waals surface area (Å²) in [5.74, 6) is 0. The Hall–Kier alpha value is -1.73. The third-order valence-corrected chi connectivity index (χ3v) is 4.41. The van der Waals surface area contributed by atoms with Crippen LogP contribution in [0.25, 0.3) is 0 Å². The molecule has 0 fully saturated rings. The van der Waals surface area contributed by atoms with Gasteiger partial charge in [0.25, 0.3) is 0 Å². The Balaban J connectivity index is 0.00000364. The van der Waals surface area contributed by atoms with Crippen LogP contribution in [0.3, 0.4) is 0 Å². The molecule has 2 aromatic carbocycles. The second-order valence-electron chi connectivity index (χ2n) is 6.75. The first kappa shape index (κ1) is 23.3. The summed E-state index contributed by atoms with van der Waals surface area (Å²) in [6, 6.07) is 16.8. The molecule has 2 rings (SSSR count). The van der Waals surface area contributed by atoms with Crippen LogP contribution in [-0.2, 0) is 29.3 Å². The maximum Gasteiger partial charge on any atom is 0.0633 e. The predicted molar refractivity (Wildman–Crippen MR) is 116 cm³/mol. The molecule has 0 radical (unpaired) electrons. The monoisotopic (exact) mass is 406 g/mol. The number of unbranched alkanes of at least 4 members (excludes halogenated alkanes) is 1. The van der Waals surface area contributed by atoms with Gasteiger partial charge < -0.3 is 0 Å². The van der Waals surface area contributed by atoms with Gasteiger partial charge in [-0.25, -0.2) is 0 Å². The van der Waals surface area contributed by atoms with E-state index in [0.717, 1.165) is 49.2 Å². The summed E-state index contributed by atoms with van der Waals surface area (Å²) < 4.78 is 0. The van der Waals surface area contributed by atoms with Crippen LogP contribution >= 0.6 is 0 Å². The molecule has 0 aromatic heterocycles. The third-order valence-electron chi connectivity index (χ3n) is 4.41. The second kappa shape index (κ2) is 13.4. The van der Waals surface area contributed by atoms with E-state index >= 15 is 0 Å². The molecule has 0 aliphatic heterocycles. The summed E-state index contributed by atoms with van der Waals surface area (Å²) in [5.41, 5.74) is 5.99. The van der Waals surface area contributed by atoms with Crippen LogP contribution in [0.4, 0.5) is 11.4 Å². The Morgan fingerprint density at radius 1 is 0.815 bits per heavy atom. The van der Waals surface area contributed by atoms with E-state index in [1.54, 1.807) is 0 Å². The summed E-state index contributed by atoms with van der Waals surface area (Å²) in [7, 11) is 0. The van der Waals surface area contributed by atoms with Crippen molar-refractivity contribution < 1.29 is 16.5 Å². The van der Waals surface area contributed by atoms with Crippen LogP contribution in [-0.4, -0.2) is 11.9 Å². The molecule has 0 aliphatic carbocycles. The van der Waals surface area contributed by atoms with Crippen LogP contribution in [0.15, 0.2) is 58.5 Å². The number of aliphatic imine (C=N–C) groups is 2. The molecule has 0 spiro atoms. The molecule has 0 aliphatic rings. The molecule has 0 bridgehead atoms. The number of para-hydroxylation sites is 1. The molecule has 2 aromatic rings. The molecular formula is C24H32N2Ni. The van der Waals surface area contributed by atoms with Crippen molar-refractivity contribution in [3.05, 3.63) is 59.7 Å². The van der Waals surface area contributed by atoms with Crippen molar-refractivity contribution in [2.24, 2.45) is 9.98 Å². The Labute approximate surface area is 175 Å². The van der Waals surface area contributed by atoms with E-state index in [0.29, 0.717) is 0 Å². The van der Waals surface area contributed by atoms with Gasteiger partial charge in [-0.15, -0.1) is 0 Å². The summed E-state index contributed by atoms with van der Waals surface area (Å²) >= 11 is 0. The normalized spacial score (nSPS) is 11.6. The van der Waals surface area contributed by atoms with Crippen molar-refractivity contribution >= 4 is 23.3 Å². The van der Waals surface area contributed by atoms with Gasteiger partial charge in [0.2, 0.25) is 0 Å². The van der Waals surface area contributed by atoms with Crippen LogP contribution in [0, 0.1) is 0 Å². The number of hydrogen-bond donors (Lipinski definition) is 0. The molecule has 0 N–H and O–H groups in total. The molecule has 0 amide bonds. The van der Waals surface area contributed by atoms with Gasteiger partial charge in [-0.1, -0.05) is 64.3 Å². The fourth-order valence-corrected chi connectivity index (χ4v) is 3.03. The summed E-state index contributed by atoms with van der Waals surface area (Å²) in [6.45, 7) is 6.68. The third kappa shape index (κ3) is 8.22. The Kier molecular flexibility index (Phi) is 11.6. The zero-order valence-corrected chi connectivity index (χ0v) is 17.8. The van der Waals surface area contributed by atoms with Gasteiger partial charge >= 0.3 is 0 Å². The van der Waals surface area contributed by atoms with Crippen LogP contribution in [0.2, 0.25) is 0 Å². The van der Waals surface area contributed by atoms with Crippen molar-refractivity contribution in [2.45, 2.75) is 65.7 Å². The number of aryl methyl sites for hydroxylation is 2. The van der Waals surface area contributed by atoms with Gasteiger partial charge in [0.05, 0.1) is 17.1 Å². The zero-order chi connectivity index (χ0) is 18.6. The maximum atomic E-state index is 4.78. The molecule has 0 saturated heterocycles. The number of benzene rings is 2. The van der Waals surface area contributed by atoms with Gasteiger partial charge in [0, 0.05) is 22.7 Å². The van der Waals surface area contributed by atoms with E-state index in [2.05, 4.69) is 39.0 Å². The minimum absolute atomic E-state index is 0. The summed E-state index contributed by atoms with van der Waals surface area (Å²) in [6.07, 6.45) is 9.83. The average molecular weight is 407 g/mol. The SMILES string of the molecule is CCCCC(/C=N/c1ccc(CCC)c(CCC)c1)=N\c1ccccc1.[Ni]. The molecular weight excluding hydrogens is 375 g/mol. The molecule has 27 heavy (non-hydrogen) atoms. The Morgan fingerprint density at radius 2 is 1.52 bits per heavy atom. The van der Waals surface area contributed by atoms with E-state index in [1.807, 2.05) is 36.5 Å². The van der Waals surface area contributed by atoms with Crippen LogP contribution < -0.4 is 0 Å². The van der Waals surface area contributed by atoms with Crippen molar-refractivity contribution in [1.82, 2.24) is 0 Å². The Morgan fingerprint density at radius 3 is 2.19 bits per heavy atom.